The van der Waals surface area contributed by atoms with E-state index in [1.807, 2.05) is 0 Å². The number of hydrogen-bond donors (Lipinski definition) is 0. The van der Waals surface area contributed by atoms with E-state index in [0.29, 0.717) is 0 Å². The predicted molar refractivity (Wildman–Crippen MR) is 21.5 cm³/mol. The third kappa shape index (κ3) is 11.6. The molecule has 0 aromatic heterocycles. The Morgan fingerprint density at radius 3 is 1.25 bits per heavy atom. The van der Waals surface area contributed by atoms with Crippen molar-refractivity contribution in [3.8, 4) is 0 Å². The van der Waals surface area contributed by atoms with Crippen molar-refractivity contribution in [1.82, 2.24) is 0 Å². The predicted octanol–water partition coefficient (Wildman–Crippen LogP) is -0.0689. The molecule has 4 heteroatoms. The molecule has 0 aliphatic heterocycles. The first-order valence-corrected chi connectivity index (χ1v) is 4.17. The van der Waals surface area contributed by atoms with Crippen molar-refractivity contribution in [3.05, 3.63) is 0 Å². The van der Waals surface area contributed by atoms with Gasteiger partial charge < -0.3 is 0 Å². The molecule has 0 spiro atoms. The Balaban J connectivity index is 0. The summed E-state index contributed by atoms with van der Waals surface area (Å²) in [7, 11) is 4.13. The summed E-state index contributed by atoms with van der Waals surface area (Å²) in [6.45, 7) is 0. The van der Waals surface area contributed by atoms with Crippen molar-refractivity contribution in [2.45, 2.75) is 0 Å². The van der Waals surface area contributed by atoms with Crippen LogP contribution in [-0.4, -0.2) is 25.3 Å². The topological polar surface area (TPSA) is 17.1 Å². The summed E-state index contributed by atoms with van der Waals surface area (Å²) in [6, 6.07) is 0. The second kappa shape index (κ2) is 33.9. The molecule has 0 saturated carbocycles. The van der Waals surface area contributed by atoms with Crippen LogP contribution in [0.5, 0.6) is 0 Å². The van der Waals surface area contributed by atoms with E-state index in [1.54, 1.807) is 0 Å². The SMILES string of the molecule is O=S.[S]=[Sb]. The molecular formula is OS2Sb. The Bertz CT molecular complexity index is 8.00. The molecular weight excluding hydrogens is 202 g/mol. The Labute approximate surface area is 46.9 Å². The van der Waals surface area contributed by atoms with Gasteiger partial charge in [-0.1, -0.05) is 0 Å². The van der Waals surface area contributed by atoms with Crippen molar-refractivity contribution in [3.63, 3.8) is 0 Å². The monoisotopic (exact) mass is 201 g/mol. The fourth-order valence-electron chi connectivity index (χ4n) is 0. The van der Waals surface area contributed by atoms with Crippen molar-refractivity contribution >= 4 is 42.8 Å². The first-order chi connectivity index (χ1) is 2.00. The van der Waals surface area contributed by atoms with Crippen molar-refractivity contribution in [2.75, 3.05) is 0 Å². The zero-order chi connectivity index (χ0) is 4.00. The van der Waals surface area contributed by atoms with E-state index >= 15 is 0 Å². The summed E-state index contributed by atoms with van der Waals surface area (Å²) >= 11 is 4.17. The van der Waals surface area contributed by atoms with E-state index in [0.717, 1.165) is 0 Å². The van der Waals surface area contributed by atoms with Crippen LogP contribution >= 0.6 is 9.19 Å². The van der Waals surface area contributed by atoms with Gasteiger partial charge in [0.15, 0.2) is 12.5 Å². The molecule has 0 atom stereocenters. The first-order valence-electron chi connectivity index (χ1n) is 0.349. The van der Waals surface area contributed by atoms with Crippen LogP contribution < -0.4 is 0 Å². The van der Waals surface area contributed by atoms with Gasteiger partial charge in [0.25, 0.3) is 0 Å². The fourth-order valence-corrected chi connectivity index (χ4v) is 0. The molecule has 0 N–H and O–H groups in total. The van der Waals surface area contributed by atoms with E-state index in [2.05, 4.69) is 21.7 Å². The molecule has 0 rings (SSSR count). The molecule has 0 aromatic carbocycles. The number of hydrogen-bond acceptors (Lipinski definition) is 3. The Morgan fingerprint density at radius 1 is 1.25 bits per heavy atom. The second-order valence-electron chi connectivity index (χ2n) is 0. The summed E-state index contributed by atoms with van der Waals surface area (Å²) in [5.41, 5.74) is 0. The standard InChI is InChI=1S/OS.S.Sb/c1-2;;. The molecule has 1 radical (unpaired) electrons. The van der Waals surface area contributed by atoms with Crippen molar-refractivity contribution in [1.29, 1.82) is 0 Å². The molecule has 0 aliphatic rings. The van der Waals surface area contributed by atoms with Gasteiger partial charge in [-0.3, -0.25) is 0 Å². The van der Waals surface area contributed by atoms with Gasteiger partial charge in [-0.15, -0.1) is 0 Å². The molecule has 0 unspecified atom stereocenters. The van der Waals surface area contributed by atoms with E-state index in [4.69, 9.17) is 4.21 Å². The Hall–Kier alpha value is 1.06. The average molecular weight is 202 g/mol. The van der Waals surface area contributed by atoms with Crippen LogP contribution in [0.1, 0.15) is 0 Å². The molecule has 1 nitrogen and oxygen atoms in total. The zero-order valence-electron chi connectivity index (χ0n) is 1.67. The van der Waals surface area contributed by atoms with Crippen LogP contribution in [0.4, 0.5) is 0 Å². The average Bonchev–Trinajstić information content (AvgIpc) is 1.50. The van der Waals surface area contributed by atoms with Gasteiger partial charge in [0.2, 0.25) is 0 Å². The van der Waals surface area contributed by atoms with Crippen LogP contribution in [0.15, 0.2) is 0 Å². The molecule has 0 heterocycles. The Morgan fingerprint density at radius 2 is 1.25 bits per heavy atom. The van der Waals surface area contributed by atoms with Crippen LogP contribution in [-0.2, 0) is 12.5 Å². The van der Waals surface area contributed by atoms with Crippen LogP contribution in [0, 0.1) is 0 Å². The summed E-state index contributed by atoms with van der Waals surface area (Å²) < 4.78 is 7.83. The Kier molecular flexibility index (Phi) is 75.5. The molecule has 0 saturated heterocycles. The van der Waals surface area contributed by atoms with Crippen LogP contribution in [0.25, 0.3) is 0 Å². The maximum absolute atomic E-state index is 7.83. The van der Waals surface area contributed by atoms with Crippen molar-refractivity contribution in [2.24, 2.45) is 0 Å². The van der Waals surface area contributed by atoms with E-state index in [1.165, 1.54) is 21.1 Å². The van der Waals surface area contributed by atoms with Gasteiger partial charge in [-0.05, 0) is 0 Å². The minimum absolute atomic E-state index is 1.33. The molecule has 0 bridgehead atoms. The van der Waals surface area contributed by atoms with Crippen LogP contribution in [0.2, 0.25) is 0 Å². The van der Waals surface area contributed by atoms with Gasteiger partial charge >= 0.3 is 30.2 Å². The summed E-state index contributed by atoms with van der Waals surface area (Å²) in [4.78, 5) is 0. The third-order valence-electron chi connectivity index (χ3n) is 0. The normalized spacial score (nSPS) is 2.00. The maximum atomic E-state index is 7.83. The van der Waals surface area contributed by atoms with E-state index < -0.39 is 0 Å². The summed E-state index contributed by atoms with van der Waals surface area (Å²) in [6.07, 6.45) is 0. The van der Waals surface area contributed by atoms with Gasteiger partial charge in [-0.2, -0.15) is 4.21 Å². The van der Waals surface area contributed by atoms with Gasteiger partial charge in [0.05, 0.1) is 0 Å². The van der Waals surface area contributed by atoms with E-state index in [-0.39, 0.29) is 0 Å². The van der Waals surface area contributed by atoms with Crippen LogP contribution in [0.3, 0.4) is 0 Å². The molecule has 4 heavy (non-hydrogen) atoms. The third-order valence-corrected chi connectivity index (χ3v) is 0. The van der Waals surface area contributed by atoms with E-state index in [9.17, 15) is 0 Å². The summed E-state index contributed by atoms with van der Waals surface area (Å²) in [5.74, 6) is 0. The first kappa shape index (κ1) is 8.91. The zero-order valence-corrected chi connectivity index (χ0v) is 5.86. The molecule has 0 aromatic rings. The number of rotatable bonds is 0. The molecule has 23 valence electrons. The minimum atomic E-state index is 1.33. The second-order valence-corrected chi connectivity index (χ2v) is 0. The molecule has 0 fully saturated rings. The molecule has 0 aliphatic carbocycles. The van der Waals surface area contributed by atoms with Crippen molar-refractivity contribution < 1.29 is 4.21 Å². The quantitative estimate of drug-likeness (QED) is 0.511. The van der Waals surface area contributed by atoms with Gasteiger partial charge in [0, 0.05) is 0 Å². The summed E-state index contributed by atoms with van der Waals surface area (Å²) in [5, 5.41) is 0. The fraction of sp³-hybridized carbons (Fsp3) is 0. The van der Waals surface area contributed by atoms with Gasteiger partial charge in [0.1, 0.15) is 0 Å². The van der Waals surface area contributed by atoms with Gasteiger partial charge in [-0.25, -0.2) is 0 Å². The molecule has 0 amide bonds.